The topological polar surface area (TPSA) is 30.7 Å². The van der Waals surface area contributed by atoms with Crippen LogP contribution in [0.2, 0.25) is 0 Å². The number of aromatic nitrogens is 3. The Balaban J connectivity index is 1.79. The minimum Gasteiger partial charge on any atom is -0.257 e. The van der Waals surface area contributed by atoms with Crippen molar-refractivity contribution in [3.8, 4) is 16.9 Å². The highest BCUT2D eigenvalue weighted by atomic mass is 19.1. The van der Waals surface area contributed by atoms with E-state index in [-0.39, 0.29) is 5.82 Å². The molecule has 0 saturated heterocycles. The van der Waals surface area contributed by atoms with E-state index in [0.717, 1.165) is 28.2 Å². The molecule has 0 aliphatic heterocycles. The van der Waals surface area contributed by atoms with Crippen molar-refractivity contribution >= 4 is 12.2 Å². The zero-order valence-corrected chi connectivity index (χ0v) is 14.0. The lowest BCUT2D eigenvalue weighted by Gasteiger charge is -2.00. The number of rotatable bonds is 4. The lowest BCUT2D eigenvalue weighted by atomic mass is 10.1. The van der Waals surface area contributed by atoms with E-state index in [1.54, 1.807) is 18.3 Å². The fourth-order valence-corrected chi connectivity index (χ4v) is 2.70. The Hall–Kier alpha value is -3.53. The summed E-state index contributed by atoms with van der Waals surface area (Å²) in [5.74, 6) is -0.262. The van der Waals surface area contributed by atoms with E-state index in [4.69, 9.17) is 5.10 Å². The molecule has 3 nitrogen and oxygen atoms in total. The fraction of sp³-hybridized carbons (Fsp3) is 0. The van der Waals surface area contributed by atoms with Crippen LogP contribution in [0, 0.1) is 5.82 Å². The lowest BCUT2D eigenvalue weighted by Crippen LogP contribution is -1.94. The second kappa shape index (κ2) is 7.15. The number of benzene rings is 2. The standard InChI is InChI=1S/C22H16FN3/c23-19-12-9-17(10-13-19)22-18(11-14-20-6-4-5-15-24-20)16-26(25-22)21-7-2-1-3-8-21/h1-16H/b14-11+. The minimum absolute atomic E-state index is 0.262. The van der Waals surface area contributed by atoms with Crippen LogP contribution < -0.4 is 0 Å². The molecule has 2 aromatic heterocycles. The summed E-state index contributed by atoms with van der Waals surface area (Å²) < 4.78 is 15.1. The van der Waals surface area contributed by atoms with Crippen molar-refractivity contribution in [3.63, 3.8) is 0 Å². The van der Waals surface area contributed by atoms with E-state index in [1.807, 2.05) is 71.6 Å². The van der Waals surface area contributed by atoms with Gasteiger partial charge in [0.05, 0.1) is 17.1 Å². The first-order valence-corrected chi connectivity index (χ1v) is 8.30. The van der Waals surface area contributed by atoms with Crippen molar-refractivity contribution in [3.05, 3.63) is 102 Å². The maximum atomic E-state index is 13.3. The summed E-state index contributed by atoms with van der Waals surface area (Å²) in [4.78, 5) is 4.31. The summed E-state index contributed by atoms with van der Waals surface area (Å²) in [6.45, 7) is 0. The van der Waals surface area contributed by atoms with Gasteiger partial charge in [0.15, 0.2) is 0 Å². The number of pyridine rings is 1. The van der Waals surface area contributed by atoms with Crippen LogP contribution in [0.15, 0.2) is 85.2 Å². The highest BCUT2D eigenvalue weighted by Crippen LogP contribution is 2.25. The Morgan fingerprint density at radius 3 is 2.31 bits per heavy atom. The molecule has 0 amide bonds. The number of hydrogen-bond acceptors (Lipinski definition) is 2. The van der Waals surface area contributed by atoms with Crippen LogP contribution in [0.4, 0.5) is 4.39 Å². The smallest absolute Gasteiger partial charge is 0.123 e. The molecule has 0 saturated carbocycles. The largest absolute Gasteiger partial charge is 0.257 e. The predicted octanol–water partition coefficient (Wildman–Crippen LogP) is 5.24. The molecule has 0 aliphatic carbocycles. The molecule has 4 heteroatoms. The maximum Gasteiger partial charge on any atom is 0.123 e. The van der Waals surface area contributed by atoms with Gasteiger partial charge in [0.25, 0.3) is 0 Å². The number of hydrogen-bond donors (Lipinski definition) is 0. The minimum atomic E-state index is -0.262. The molecule has 26 heavy (non-hydrogen) atoms. The molecule has 0 radical (unpaired) electrons. The Morgan fingerprint density at radius 1 is 0.808 bits per heavy atom. The van der Waals surface area contributed by atoms with Crippen LogP contribution in [0.25, 0.3) is 29.1 Å². The molecule has 0 spiro atoms. The number of halogens is 1. The molecule has 0 N–H and O–H groups in total. The second-order valence-corrected chi connectivity index (χ2v) is 5.81. The predicted molar refractivity (Wildman–Crippen MR) is 102 cm³/mol. The molecule has 0 atom stereocenters. The molecular formula is C22H16FN3. The molecule has 4 aromatic rings. The van der Waals surface area contributed by atoms with Crippen LogP contribution in [0.1, 0.15) is 11.3 Å². The summed E-state index contributed by atoms with van der Waals surface area (Å²) in [6.07, 6.45) is 7.65. The van der Waals surface area contributed by atoms with Gasteiger partial charge in [-0.3, -0.25) is 4.98 Å². The molecule has 2 heterocycles. The number of para-hydroxylation sites is 1. The highest BCUT2D eigenvalue weighted by molar-refractivity contribution is 5.78. The van der Waals surface area contributed by atoms with Crippen molar-refractivity contribution in [1.82, 2.24) is 14.8 Å². The Kier molecular flexibility index (Phi) is 4.39. The van der Waals surface area contributed by atoms with Gasteiger partial charge in [-0.1, -0.05) is 24.3 Å². The Morgan fingerprint density at radius 2 is 1.58 bits per heavy atom. The molecule has 0 fully saturated rings. The molecule has 0 unspecified atom stereocenters. The summed E-state index contributed by atoms with van der Waals surface area (Å²) in [5.41, 5.74) is 4.42. The molecule has 4 rings (SSSR count). The Bertz CT molecular complexity index is 1020. The van der Waals surface area contributed by atoms with Gasteiger partial charge in [-0.15, -0.1) is 0 Å². The molecular weight excluding hydrogens is 325 g/mol. The van der Waals surface area contributed by atoms with Gasteiger partial charge < -0.3 is 0 Å². The Labute approximate surface area is 151 Å². The van der Waals surface area contributed by atoms with E-state index in [0.29, 0.717) is 0 Å². The first-order chi connectivity index (χ1) is 12.8. The van der Waals surface area contributed by atoms with Crippen LogP contribution >= 0.6 is 0 Å². The normalized spacial score (nSPS) is 11.1. The van der Waals surface area contributed by atoms with Gasteiger partial charge in [0.2, 0.25) is 0 Å². The van der Waals surface area contributed by atoms with Crippen LogP contribution in [-0.2, 0) is 0 Å². The van der Waals surface area contributed by atoms with E-state index in [2.05, 4.69) is 4.98 Å². The molecule has 2 aromatic carbocycles. The third-order valence-electron chi connectivity index (χ3n) is 4.00. The average Bonchev–Trinajstić information content (AvgIpc) is 3.13. The third-order valence-corrected chi connectivity index (χ3v) is 4.00. The lowest BCUT2D eigenvalue weighted by molar-refractivity contribution is 0.628. The molecule has 126 valence electrons. The quantitative estimate of drug-likeness (QED) is 0.508. The van der Waals surface area contributed by atoms with Gasteiger partial charge >= 0.3 is 0 Å². The number of nitrogens with zero attached hydrogens (tertiary/aromatic N) is 3. The third kappa shape index (κ3) is 3.44. The zero-order valence-electron chi connectivity index (χ0n) is 14.0. The van der Waals surface area contributed by atoms with Gasteiger partial charge in [0.1, 0.15) is 5.82 Å². The van der Waals surface area contributed by atoms with Gasteiger partial charge in [0, 0.05) is 23.5 Å². The van der Waals surface area contributed by atoms with Gasteiger partial charge in [-0.2, -0.15) is 5.10 Å². The van der Waals surface area contributed by atoms with Gasteiger partial charge in [-0.25, -0.2) is 9.07 Å². The summed E-state index contributed by atoms with van der Waals surface area (Å²) >= 11 is 0. The molecule has 0 aliphatic rings. The van der Waals surface area contributed by atoms with Crippen molar-refractivity contribution in [2.45, 2.75) is 0 Å². The van der Waals surface area contributed by atoms with Crippen molar-refractivity contribution < 1.29 is 4.39 Å². The van der Waals surface area contributed by atoms with Crippen molar-refractivity contribution in [1.29, 1.82) is 0 Å². The first-order valence-electron chi connectivity index (χ1n) is 8.30. The van der Waals surface area contributed by atoms with E-state index in [1.165, 1.54) is 12.1 Å². The van der Waals surface area contributed by atoms with Gasteiger partial charge in [-0.05, 0) is 60.7 Å². The summed E-state index contributed by atoms with van der Waals surface area (Å²) in [7, 11) is 0. The second-order valence-electron chi connectivity index (χ2n) is 5.81. The van der Waals surface area contributed by atoms with Crippen LogP contribution in [0.3, 0.4) is 0 Å². The summed E-state index contributed by atoms with van der Waals surface area (Å²) in [6, 6.07) is 22.0. The van der Waals surface area contributed by atoms with Crippen LogP contribution in [0.5, 0.6) is 0 Å². The fourth-order valence-electron chi connectivity index (χ4n) is 2.70. The van der Waals surface area contributed by atoms with Crippen molar-refractivity contribution in [2.75, 3.05) is 0 Å². The molecule has 0 bridgehead atoms. The first kappa shape index (κ1) is 16.0. The van der Waals surface area contributed by atoms with Crippen LogP contribution in [-0.4, -0.2) is 14.8 Å². The highest BCUT2D eigenvalue weighted by Gasteiger charge is 2.10. The van der Waals surface area contributed by atoms with E-state index < -0.39 is 0 Å². The maximum absolute atomic E-state index is 13.3. The zero-order chi connectivity index (χ0) is 17.8. The van der Waals surface area contributed by atoms with E-state index in [9.17, 15) is 4.39 Å². The monoisotopic (exact) mass is 341 g/mol. The van der Waals surface area contributed by atoms with Crippen molar-refractivity contribution in [2.24, 2.45) is 0 Å². The van der Waals surface area contributed by atoms with E-state index >= 15 is 0 Å². The average molecular weight is 341 g/mol. The summed E-state index contributed by atoms with van der Waals surface area (Å²) in [5, 5.41) is 4.72. The SMILES string of the molecule is Fc1ccc(-c2nn(-c3ccccc3)cc2/C=C/c2ccccn2)cc1.